The number of amidine groups is 1. The molecular weight excluding hydrogens is 624 g/mol. The highest BCUT2D eigenvalue weighted by Gasteiger charge is 2.14. The van der Waals surface area contributed by atoms with E-state index in [0.29, 0.717) is 24.5 Å². The largest absolute Gasteiger partial charge is 0.405 e. The number of nitrogens with two attached hydrogens (primary N) is 1. The summed E-state index contributed by atoms with van der Waals surface area (Å²) in [6.07, 6.45) is 11.0. The van der Waals surface area contributed by atoms with Crippen molar-refractivity contribution in [2.75, 3.05) is 19.6 Å². The molecule has 1 fully saturated rings. The average Bonchev–Trinajstić information content (AvgIpc) is 3.14. The minimum absolute atomic E-state index is 0.194. The van der Waals surface area contributed by atoms with Crippen LogP contribution in [0.1, 0.15) is 86.3 Å². The van der Waals surface area contributed by atoms with Crippen molar-refractivity contribution in [1.29, 1.82) is 0 Å². The van der Waals surface area contributed by atoms with Crippen LogP contribution in [-0.4, -0.2) is 43.0 Å². The Morgan fingerprint density at radius 3 is 2.38 bits per heavy atom. The topological polar surface area (TPSA) is 112 Å². The normalized spacial score (nSPS) is 14.3. The molecule has 0 bridgehead atoms. The number of fused-ring (bicyclic) bond motifs is 1. The second kappa shape index (κ2) is 28.2. The van der Waals surface area contributed by atoms with Crippen molar-refractivity contribution in [3.05, 3.63) is 97.0 Å². The Morgan fingerprint density at radius 2 is 1.82 bits per heavy atom. The summed E-state index contributed by atoms with van der Waals surface area (Å²) in [7, 11) is 0. The van der Waals surface area contributed by atoms with E-state index in [-0.39, 0.29) is 5.92 Å². The zero-order valence-electron chi connectivity index (χ0n) is 32.1. The Morgan fingerprint density at radius 1 is 1.12 bits per heavy atom. The maximum Gasteiger partial charge on any atom is 0.152 e. The first-order valence-electron chi connectivity index (χ1n) is 17.8. The lowest BCUT2D eigenvalue weighted by molar-refractivity contribution is 0.405. The van der Waals surface area contributed by atoms with Crippen molar-refractivity contribution in [2.24, 2.45) is 32.5 Å². The van der Waals surface area contributed by atoms with Crippen LogP contribution in [0.5, 0.6) is 0 Å². The van der Waals surface area contributed by atoms with Crippen molar-refractivity contribution in [1.82, 2.24) is 21.2 Å². The second-order valence-corrected chi connectivity index (χ2v) is 11.0. The van der Waals surface area contributed by atoms with E-state index in [1.165, 1.54) is 32.1 Å². The third-order valence-corrected chi connectivity index (χ3v) is 7.07. The first-order valence-corrected chi connectivity index (χ1v) is 17.8. The van der Waals surface area contributed by atoms with Gasteiger partial charge in [0.1, 0.15) is 12.2 Å². The van der Waals surface area contributed by atoms with Crippen LogP contribution < -0.4 is 21.9 Å². The maximum absolute atomic E-state index is 13.7. The molecule has 274 valence electrons. The number of hydrogen-bond donors (Lipinski definition) is 4. The molecule has 1 aromatic heterocycles. The van der Waals surface area contributed by atoms with Gasteiger partial charge in [0.15, 0.2) is 5.84 Å². The van der Waals surface area contributed by atoms with Crippen LogP contribution in [0.4, 0.5) is 4.39 Å². The van der Waals surface area contributed by atoms with E-state index in [1.54, 1.807) is 30.9 Å². The van der Waals surface area contributed by atoms with Gasteiger partial charge in [0.05, 0.1) is 12.2 Å². The molecule has 2 heterocycles. The number of piperidine rings is 1. The van der Waals surface area contributed by atoms with Gasteiger partial charge in [-0.3, -0.25) is 20.4 Å². The standard InChI is InChI=1S/C29H33FN6.C6H13N.C2H5N.2C2H6/c1-6-31-19-36-35-18-27(20(3)4)29(32-7-2)34-17-24-10-8-9-11-25(24)28-26-13-12-22(21(5)30)16-23(26)14-15-33-28;1-6-3-2-4-7-5-6;1-2-3;2*1-2/h7-16,18-20,35H,5-6,17H2,1-4H3,(H,31,36);6-7H,2-5H2,1H3;2H,1,3H2;2*1-2H3/b27-18-,32-7?,34-29?;;;;. The minimum Gasteiger partial charge on any atom is -0.405 e. The van der Waals surface area contributed by atoms with Crippen LogP contribution in [-0.2, 0) is 6.54 Å². The molecule has 0 spiro atoms. The number of nitrogens with zero attached hydrogens (tertiary/aromatic N) is 4. The molecule has 2 aromatic carbocycles. The van der Waals surface area contributed by atoms with Gasteiger partial charge in [-0.1, -0.05) is 98.0 Å². The Hall–Kier alpha value is -4.63. The lowest BCUT2D eigenvalue weighted by Gasteiger charge is -2.17. The third-order valence-electron chi connectivity index (χ3n) is 7.07. The SMILES string of the molecule is C=C(F)c1ccc2c(-c3ccccc3CN=C(N=CC)/C(=C\NNC=NCC)C(C)C)nccc2c1.C=CN.CC.CC.CC1CCCNC1. The summed E-state index contributed by atoms with van der Waals surface area (Å²) in [4.78, 5) is 18.2. The molecule has 0 amide bonds. The van der Waals surface area contributed by atoms with Gasteiger partial charge in [0.2, 0.25) is 0 Å². The van der Waals surface area contributed by atoms with E-state index >= 15 is 0 Å². The lowest BCUT2D eigenvalue weighted by Crippen LogP contribution is -2.27. The quantitative estimate of drug-likeness (QED) is 0.0735. The van der Waals surface area contributed by atoms with E-state index in [4.69, 9.17) is 4.99 Å². The monoisotopic (exact) mass is 687 g/mol. The van der Waals surface area contributed by atoms with Crippen LogP contribution in [0.3, 0.4) is 0 Å². The van der Waals surface area contributed by atoms with Crippen molar-refractivity contribution >= 4 is 35.0 Å². The number of aromatic nitrogens is 1. The number of benzene rings is 2. The fourth-order valence-corrected chi connectivity index (χ4v) is 4.75. The molecule has 5 N–H and O–H groups in total. The maximum atomic E-state index is 13.7. The van der Waals surface area contributed by atoms with Crippen LogP contribution >= 0.6 is 0 Å². The minimum atomic E-state index is -0.453. The summed E-state index contributed by atoms with van der Waals surface area (Å²) in [5.74, 6) is 1.32. The summed E-state index contributed by atoms with van der Waals surface area (Å²) in [5, 5.41) is 5.18. The number of aliphatic imine (C=N–C) groups is 3. The summed E-state index contributed by atoms with van der Waals surface area (Å²) < 4.78 is 13.7. The van der Waals surface area contributed by atoms with Crippen LogP contribution in [0.2, 0.25) is 0 Å². The number of hydrazine groups is 1. The second-order valence-electron chi connectivity index (χ2n) is 11.0. The van der Waals surface area contributed by atoms with Gasteiger partial charge in [-0.05, 0) is 80.9 Å². The van der Waals surface area contributed by atoms with Gasteiger partial charge in [0, 0.05) is 47.2 Å². The van der Waals surface area contributed by atoms with Crippen molar-refractivity contribution < 1.29 is 4.39 Å². The highest BCUT2D eigenvalue weighted by molar-refractivity contribution is 6.03. The molecule has 1 saturated heterocycles. The molecule has 1 atom stereocenters. The zero-order valence-corrected chi connectivity index (χ0v) is 32.1. The van der Waals surface area contributed by atoms with Gasteiger partial charge < -0.3 is 16.5 Å². The van der Waals surface area contributed by atoms with Gasteiger partial charge in [0.25, 0.3) is 0 Å². The molecule has 9 heteroatoms. The molecule has 1 unspecified atom stereocenters. The summed E-state index contributed by atoms with van der Waals surface area (Å²) in [5.41, 5.74) is 14.9. The van der Waals surface area contributed by atoms with Crippen LogP contribution in [0.15, 0.2) is 101 Å². The van der Waals surface area contributed by atoms with Gasteiger partial charge in [-0.2, -0.15) is 0 Å². The highest BCUT2D eigenvalue weighted by Crippen LogP contribution is 2.31. The Kier molecular flexibility index (Phi) is 25.6. The van der Waals surface area contributed by atoms with Crippen molar-refractivity contribution in [3.63, 3.8) is 0 Å². The average molecular weight is 687 g/mol. The van der Waals surface area contributed by atoms with Gasteiger partial charge >= 0.3 is 0 Å². The fourth-order valence-electron chi connectivity index (χ4n) is 4.75. The molecule has 50 heavy (non-hydrogen) atoms. The zero-order chi connectivity index (χ0) is 37.7. The molecule has 0 aliphatic carbocycles. The summed E-state index contributed by atoms with van der Waals surface area (Å²) in [6.45, 7) is 28.5. The van der Waals surface area contributed by atoms with E-state index in [1.807, 2.05) is 84.1 Å². The molecule has 3 aromatic rings. The number of nitrogens with one attached hydrogen (secondary N) is 3. The predicted octanol–water partition coefficient (Wildman–Crippen LogP) is 9.66. The van der Waals surface area contributed by atoms with Gasteiger partial charge in [-0.25, -0.2) is 9.38 Å². The summed E-state index contributed by atoms with van der Waals surface area (Å²) >= 11 is 0. The smallest absolute Gasteiger partial charge is 0.152 e. The number of pyridine rings is 1. The molecule has 1 aliphatic rings. The van der Waals surface area contributed by atoms with E-state index < -0.39 is 5.83 Å². The number of rotatable bonds is 10. The van der Waals surface area contributed by atoms with Crippen LogP contribution in [0, 0.1) is 11.8 Å². The molecule has 0 saturated carbocycles. The Bertz CT molecular complexity index is 1500. The highest BCUT2D eigenvalue weighted by atomic mass is 19.1. The Balaban J connectivity index is 0.00000145. The van der Waals surface area contributed by atoms with E-state index in [2.05, 4.69) is 70.8 Å². The van der Waals surface area contributed by atoms with Crippen molar-refractivity contribution in [3.8, 4) is 11.3 Å². The Labute approximate surface area is 302 Å². The van der Waals surface area contributed by atoms with E-state index in [0.717, 1.165) is 39.1 Å². The third kappa shape index (κ3) is 16.7. The molecule has 4 rings (SSSR count). The first kappa shape index (κ1) is 45.4. The lowest BCUT2D eigenvalue weighted by atomic mass is 9.98. The van der Waals surface area contributed by atoms with E-state index in [9.17, 15) is 4.39 Å². The number of halogens is 1. The van der Waals surface area contributed by atoms with Gasteiger partial charge in [-0.15, -0.1) is 0 Å². The molecule has 1 aliphatic heterocycles. The van der Waals surface area contributed by atoms with Crippen LogP contribution in [0.25, 0.3) is 27.9 Å². The number of hydrogen-bond acceptors (Lipinski definition) is 6. The first-order chi connectivity index (χ1) is 24.3. The molecule has 0 radical (unpaired) electrons. The van der Waals surface area contributed by atoms with Crippen molar-refractivity contribution in [2.45, 2.75) is 81.7 Å². The summed E-state index contributed by atoms with van der Waals surface area (Å²) in [6, 6.07) is 15.4. The fraction of sp³-hybridized carbons (Fsp3) is 0.415. The molecule has 8 nitrogen and oxygen atoms in total. The predicted molar refractivity (Wildman–Crippen MR) is 219 cm³/mol. The molecular formula is C41H63FN8.